The summed E-state index contributed by atoms with van der Waals surface area (Å²) in [5, 5.41) is 10.9. The first kappa shape index (κ1) is 10.2. The second-order valence-electron chi connectivity index (χ2n) is 2.45. The number of aliphatic hydroxyl groups excluding tert-OH is 1. The standard InChI is InChI=1S/C6H12INO2/c1-6(2,7)5(10)8-3-4-9/h9H,3-4H2,1-2H3,(H,8,10). The summed E-state index contributed by atoms with van der Waals surface area (Å²) in [4.78, 5) is 11.0. The Morgan fingerprint density at radius 2 is 2.20 bits per heavy atom. The van der Waals surface area contributed by atoms with E-state index in [-0.39, 0.29) is 15.9 Å². The molecule has 0 aliphatic carbocycles. The van der Waals surface area contributed by atoms with Crippen LogP contribution in [0.25, 0.3) is 0 Å². The second kappa shape index (κ2) is 4.12. The highest BCUT2D eigenvalue weighted by Gasteiger charge is 2.22. The molecule has 0 aromatic heterocycles. The van der Waals surface area contributed by atoms with Crippen LogP contribution in [-0.2, 0) is 4.79 Å². The second-order valence-corrected chi connectivity index (χ2v) is 5.15. The molecule has 0 bridgehead atoms. The zero-order chi connectivity index (χ0) is 8.20. The monoisotopic (exact) mass is 257 g/mol. The lowest BCUT2D eigenvalue weighted by atomic mass is 10.2. The quantitative estimate of drug-likeness (QED) is 0.564. The minimum atomic E-state index is -0.382. The SMILES string of the molecule is CC(C)(I)C(=O)NCCO. The van der Waals surface area contributed by atoms with E-state index in [1.165, 1.54) is 0 Å². The van der Waals surface area contributed by atoms with Gasteiger partial charge in [-0.15, -0.1) is 0 Å². The normalized spacial score (nSPS) is 11.2. The van der Waals surface area contributed by atoms with E-state index in [9.17, 15) is 4.79 Å². The van der Waals surface area contributed by atoms with Crippen molar-refractivity contribution in [3.8, 4) is 0 Å². The average Bonchev–Trinajstić information content (AvgIpc) is 1.80. The summed E-state index contributed by atoms with van der Waals surface area (Å²) >= 11 is 2.05. The van der Waals surface area contributed by atoms with Crippen molar-refractivity contribution in [2.45, 2.75) is 17.3 Å². The van der Waals surface area contributed by atoms with Gasteiger partial charge in [0.05, 0.1) is 10.0 Å². The Morgan fingerprint density at radius 3 is 2.50 bits per heavy atom. The minimum Gasteiger partial charge on any atom is -0.395 e. The van der Waals surface area contributed by atoms with Crippen molar-refractivity contribution in [2.75, 3.05) is 13.2 Å². The van der Waals surface area contributed by atoms with Gasteiger partial charge in [-0.1, -0.05) is 22.6 Å². The molecule has 0 rings (SSSR count). The molecule has 0 saturated heterocycles. The molecule has 10 heavy (non-hydrogen) atoms. The molecule has 2 N–H and O–H groups in total. The number of carbonyl (C=O) groups excluding carboxylic acids is 1. The molecule has 3 nitrogen and oxygen atoms in total. The van der Waals surface area contributed by atoms with Gasteiger partial charge in [0.25, 0.3) is 0 Å². The van der Waals surface area contributed by atoms with Crippen molar-refractivity contribution in [1.29, 1.82) is 0 Å². The van der Waals surface area contributed by atoms with Gasteiger partial charge in [-0.2, -0.15) is 0 Å². The zero-order valence-electron chi connectivity index (χ0n) is 6.15. The van der Waals surface area contributed by atoms with Crippen LogP contribution in [0.2, 0.25) is 0 Å². The molecule has 0 fully saturated rings. The summed E-state index contributed by atoms with van der Waals surface area (Å²) in [5.41, 5.74) is 0. The van der Waals surface area contributed by atoms with Gasteiger partial charge in [-0.05, 0) is 13.8 Å². The molecule has 0 atom stereocenters. The highest BCUT2D eigenvalue weighted by Crippen LogP contribution is 2.15. The van der Waals surface area contributed by atoms with Crippen LogP contribution in [0.3, 0.4) is 0 Å². The Labute approximate surface area is 74.3 Å². The summed E-state index contributed by atoms with van der Waals surface area (Å²) in [7, 11) is 0. The maximum absolute atomic E-state index is 11.0. The molecular weight excluding hydrogens is 245 g/mol. The van der Waals surface area contributed by atoms with Crippen LogP contribution in [0.1, 0.15) is 13.8 Å². The van der Waals surface area contributed by atoms with Crippen LogP contribution in [0.15, 0.2) is 0 Å². The number of nitrogens with one attached hydrogen (secondary N) is 1. The lowest BCUT2D eigenvalue weighted by Gasteiger charge is -2.14. The van der Waals surface area contributed by atoms with Crippen molar-refractivity contribution in [1.82, 2.24) is 5.32 Å². The van der Waals surface area contributed by atoms with E-state index in [2.05, 4.69) is 5.32 Å². The number of amides is 1. The first-order valence-corrected chi connectivity index (χ1v) is 4.14. The molecule has 0 radical (unpaired) electrons. The maximum Gasteiger partial charge on any atom is 0.235 e. The smallest absolute Gasteiger partial charge is 0.235 e. The lowest BCUT2D eigenvalue weighted by molar-refractivity contribution is -0.122. The number of carbonyl (C=O) groups is 1. The van der Waals surface area contributed by atoms with Crippen LogP contribution in [0, 0.1) is 0 Å². The first-order chi connectivity index (χ1) is 4.48. The molecule has 60 valence electrons. The molecule has 0 aromatic carbocycles. The largest absolute Gasteiger partial charge is 0.395 e. The van der Waals surface area contributed by atoms with E-state index in [4.69, 9.17) is 5.11 Å². The fourth-order valence-electron chi connectivity index (χ4n) is 0.380. The Morgan fingerprint density at radius 1 is 1.70 bits per heavy atom. The van der Waals surface area contributed by atoms with Crippen LogP contribution in [0.5, 0.6) is 0 Å². The Hall–Kier alpha value is 0.160. The molecule has 0 heterocycles. The van der Waals surface area contributed by atoms with Crippen LogP contribution < -0.4 is 5.32 Å². The zero-order valence-corrected chi connectivity index (χ0v) is 8.31. The van der Waals surface area contributed by atoms with Crippen LogP contribution in [0.4, 0.5) is 0 Å². The van der Waals surface area contributed by atoms with E-state index < -0.39 is 0 Å². The van der Waals surface area contributed by atoms with Crippen LogP contribution in [-0.4, -0.2) is 27.6 Å². The number of alkyl halides is 1. The van der Waals surface area contributed by atoms with E-state index in [0.29, 0.717) is 6.54 Å². The maximum atomic E-state index is 11.0. The molecule has 0 saturated carbocycles. The molecule has 0 aromatic rings. The predicted octanol–water partition coefficient (Wildman–Crippen LogP) is 0.309. The van der Waals surface area contributed by atoms with Gasteiger partial charge in [-0.25, -0.2) is 0 Å². The van der Waals surface area contributed by atoms with Crippen molar-refractivity contribution < 1.29 is 9.90 Å². The third kappa shape index (κ3) is 4.05. The van der Waals surface area contributed by atoms with Gasteiger partial charge in [0, 0.05) is 6.54 Å². The summed E-state index contributed by atoms with van der Waals surface area (Å²) in [5.74, 6) is -0.0397. The van der Waals surface area contributed by atoms with E-state index >= 15 is 0 Å². The first-order valence-electron chi connectivity index (χ1n) is 3.06. The van der Waals surface area contributed by atoms with Gasteiger partial charge in [-0.3, -0.25) is 4.79 Å². The van der Waals surface area contributed by atoms with E-state index in [0.717, 1.165) is 0 Å². The number of aliphatic hydroxyl groups is 1. The fourth-order valence-corrected chi connectivity index (χ4v) is 0.570. The topological polar surface area (TPSA) is 49.3 Å². The Kier molecular flexibility index (Phi) is 4.19. The van der Waals surface area contributed by atoms with E-state index in [1.807, 2.05) is 36.4 Å². The molecule has 0 spiro atoms. The summed E-state index contributed by atoms with van der Waals surface area (Å²) in [6.45, 7) is 3.98. The summed E-state index contributed by atoms with van der Waals surface area (Å²) in [6.07, 6.45) is 0. The molecule has 1 amide bonds. The van der Waals surface area contributed by atoms with Gasteiger partial charge in [0.15, 0.2) is 0 Å². The number of hydrogen-bond donors (Lipinski definition) is 2. The molecular formula is C6H12INO2. The number of halogens is 1. The molecule has 0 aliphatic rings. The van der Waals surface area contributed by atoms with Crippen molar-refractivity contribution in [2.24, 2.45) is 0 Å². The Balaban J connectivity index is 3.64. The van der Waals surface area contributed by atoms with Crippen LogP contribution >= 0.6 is 22.6 Å². The number of rotatable bonds is 3. The lowest BCUT2D eigenvalue weighted by Crippen LogP contribution is -2.38. The molecule has 0 unspecified atom stereocenters. The Bertz CT molecular complexity index is 119. The number of hydrogen-bond acceptors (Lipinski definition) is 2. The molecule has 0 aliphatic heterocycles. The molecule has 4 heteroatoms. The van der Waals surface area contributed by atoms with Gasteiger partial charge in [0.1, 0.15) is 0 Å². The van der Waals surface area contributed by atoms with Crippen molar-refractivity contribution in [3.05, 3.63) is 0 Å². The minimum absolute atomic E-state index is 0.00153. The average molecular weight is 257 g/mol. The van der Waals surface area contributed by atoms with Crippen molar-refractivity contribution >= 4 is 28.5 Å². The highest BCUT2D eigenvalue weighted by atomic mass is 127. The van der Waals surface area contributed by atoms with Gasteiger partial charge in [0.2, 0.25) is 5.91 Å². The third-order valence-electron chi connectivity index (χ3n) is 0.937. The predicted molar refractivity (Wildman–Crippen MR) is 48.2 cm³/mol. The van der Waals surface area contributed by atoms with Crippen molar-refractivity contribution in [3.63, 3.8) is 0 Å². The summed E-state index contributed by atoms with van der Waals surface area (Å²) in [6, 6.07) is 0. The van der Waals surface area contributed by atoms with Gasteiger partial charge >= 0.3 is 0 Å². The van der Waals surface area contributed by atoms with E-state index in [1.54, 1.807) is 0 Å². The van der Waals surface area contributed by atoms with Gasteiger partial charge < -0.3 is 10.4 Å². The highest BCUT2D eigenvalue weighted by molar-refractivity contribution is 14.1. The summed E-state index contributed by atoms with van der Waals surface area (Å²) < 4.78 is -0.382. The third-order valence-corrected chi connectivity index (χ3v) is 1.43. The fraction of sp³-hybridized carbons (Fsp3) is 0.833.